The standard InChI is InChI=1S/C9H16N2O/c1-3-6-10-8(2)11-7-4-5-9(11)12/h3,8,10H,1,4-7H2,2H3. The summed E-state index contributed by atoms with van der Waals surface area (Å²) in [5.41, 5.74) is 0. The lowest BCUT2D eigenvalue weighted by atomic mass is 10.4. The molecule has 0 aliphatic carbocycles. The first-order valence-electron chi connectivity index (χ1n) is 4.39. The van der Waals surface area contributed by atoms with Gasteiger partial charge in [0.15, 0.2) is 0 Å². The normalized spacial score (nSPS) is 19.8. The highest BCUT2D eigenvalue weighted by molar-refractivity contribution is 5.78. The molecule has 1 rings (SSSR count). The van der Waals surface area contributed by atoms with Gasteiger partial charge < -0.3 is 4.90 Å². The van der Waals surface area contributed by atoms with E-state index in [1.165, 1.54) is 0 Å². The number of amides is 1. The molecule has 1 N–H and O–H groups in total. The summed E-state index contributed by atoms with van der Waals surface area (Å²) in [7, 11) is 0. The van der Waals surface area contributed by atoms with Gasteiger partial charge in [0.2, 0.25) is 5.91 Å². The van der Waals surface area contributed by atoms with E-state index in [2.05, 4.69) is 11.9 Å². The fourth-order valence-corrected chi connectivity index (χ4v) is 1.44. The second-order valence-electron chi connectivity index (χ2n) is 3.06. The van der Waals surface area contributed by atoms with Crippen LogP contribution in [-0.4, -0.2) is 30.1 Å². The van der Waals surface area contributed by atoms with Crippen LogP contribution in [0.1, 0.15) is 19.8 Å². The van der Waals surface area contributed by atoms with Gasteiger partial charge >= 0.3 is 0 Å². The minimum atomic E-state index is 0.151. The summed E-state index contributed by atoms with van der Waals surface area (Å²) in [6.07, 6.45) is 3.66. The van der Waals surface area contributed by atoms with Crippen LogP contribution in [0.15, 0.2) is 12.7 Å². The number of hydrogen-bond donors (Lipinski definition) is 1. The summed E-state index contributed by atoms with van der Waals surface area (Å²) in [5, 5.41) is 3.19. The fourth-order valence-electron chi connectivity index (χ4n) is 1.44. The highest BCUT2D eigenvalue weighted by atomic mass is 16.2. The molecule has 1 aliphatic rings. The Kier molecular flexibility index (Phi) is 3.29. The summed E-state index contributed by atoms with van der Waals surface area (Å²) in [6.45, 7) is 7.27. The Bertz CT molecular complexity index is 179. The quantitative estimate of drug-likeness (QED) is 0.628. The lowest BCUT2D eigenvalue weighted by Crippen LogP contribution is -2.44. The lowest BCUT2D eigenvalue weighted by molar-refractivity contribution is -0.129. The Morgan fingerprint density at radius 1 is 1.83 bits per heavy atom. The first-order chi connectivity index (χ1) is 5.75. The molecule has 0 bridgehead atoms. The summed E-state index contributed by atoms with van der Waals surface area (Å²) >= 11 is 0. The van der Waals surface area contributed by atoms with Crippen LogP contribution in [0.5, 0.6) is 0 Å². The highest BCUT2D eigenvalue weighted by Gasteiger charge is 2.23. The van der Waals surface area contributed by atoms with Crippen LogP contribution >= 0.6 is 0 Å². The predicted octanol–water partition coefficient (Wildman–Crippen LogP) is 0.730. The molecule has 1 amide bonds. The zero-order chi connectivity index (χ0) is 8.97. The van der Waals surface area contributed by atoms with Gasteiger partial charge in [-0.05, 0) is 13.3 Å². The van der Waals surface area contributed by atoms with Crippen LogP contribution in [-0.2, 0) is 4.79 Å². The van der Waals surface area contributed by atoms with E-state index in [0.29, 0.717) is 6.42 Å². The molecular formula is C9H16N2O. The Balaban J connectivity index is 2.35. The molecule has 0 spiro atoms. The van der Waals surface area contributed by atoms with Gasteiger partial charge in [-0.25, -0.2) is 0 Å². The van der Waals surface area contributed by atoms with Crippen molar-refractivity contribution in [2.75, 3.05) is 13.1 Å². The van der Waals surface area contributed by atoms with E-state index in [-0.39, 0.29) is 12.1 Å². The van der Waals surface area contributed by atoms with Crippen molar-refractivity contribution >= 4 is 5.91 Å². The van der Waals surface area contributed by atoms with Crippen LogP contribution in [0, 0.1) is 0 Å². The van der Waals surface area contributed by atoms with Crippen molar-refractivity contribution in [2.45, 2.75) is 25.9 Å². The maximum Gasteiger partial charge on any atom is 0.223 e. The molecule has 1 fully saturated rings. The molecule has 1 heterocycles. The SMILES string of the molecule is C=CCNC(C)N1CCCC1=O. The van der Waals surface area contributed by atoms with Gasteiger partial charge in [-0.2, -0.15) is 0 Å². The average Bonchev–Trinajstić information content (AvgIpc) is 2.47. The van der Waals surface area contributed by atoms with E-state index in [1.54, 1.807) is 6.08 Å². The lowest BCUT2D eigenvalue weighted by Gasteiger charge is -2.24. The van der Waals surface area contributed by atoms with E-state index < -0.39 is 0 Å². The third-order valence-corrected chi connectivity index (χ3v) is 2.14. The number of carbonyl (C=O) groups excluding carboxylic acids is 1. The van der Waals surface area contributed by atoms with Crippen molar-refractivity contribution < 1.29 is 4.79 Å². The van der Waals surface area contributed by atoms with Gasteiger partial charge in [0, 0.05) is 19.5 Å². The van der Waals surface area contributed by atoms with E-state index in [9.17, 15) is 4.79 Å². The number of rotatable bonds is 4. The Labute approximate surface area is 73.4 Å². The van der Waals surface area contributed by atoms with E-state index >= 15 is 0 Å². The second-order valence-corrected chi connectivity index (χ2v) is 3.06. The third kappa shape index (κ3) is 2.08. The van der Waals surface area contributed by atoms with Crippen LogP contribution < -0.4 is 5.32 Å². The zero-order valence-electron chi connectivity index (χ0n) is 7.55. The molecule has 0 saturated carbocycles. The van der Waals surface area contributed by atoms with Crippen molar-refractivity contribution in [3.8, 4) is 0 Å². The average molecular weight is 168 g/mol. The number of nitrogens with one attached hydrogen (secondary N) is 1. The first kappa shape index (κ1) is 9.26. The van der Waals surface area contributed by atoms with Gasteiger partial charge in [-0.3, -0.25) is 10.1 Å². The van der Waals surface area contributed by atoms with E-state index in [1.807, 2.05) is 11.8 Å². The molecule has 1 atom stereocenters. The summed E-state index contributed by atoms with van der Waals surface area (Å²) in [5.74, 6) is 0.263. The molecule has 1 unspecified atom stereocenters. The van der Waals surface area contributed by atoms with Crippen molar-refractivity contribution in [3.63, 3.8) is 0 Å². The molecule has 0 aromatic heterocycles. The van der Waals surface area contributed by atoms with Crippen molar-refractivity contribution in [1.82, 2.24) is 10.2 Å². The minimum absolute atomic E-state index is 0.151. The Morgan fingerprint density at radius 3 is 3.08 bits per heavy atom. The molecule has 0 radical (unpaired) electrons. The maximum absolute atomic E-state index is 11.2. The molecular weight excluding hydrogens is 152 g/mol. The van der Waals surface area contributed by atoms with Crippen molar-refractivity contribution in [1.29, 1.82) is 0 Å². The predicted molar refractivity (Wildman–Crippen MR) is 48.6 cm³/mol. The summed E-state index contributed by atoms with van der Waals surface area (Å²) in [4.78, 5) is 13.1. The summed E-state index contributed by atoms with van der Waals surface area (Å²) < 4.78 is 0. The van der Waals surface area contributed by atoms with Gasteiger partial charge in [-0.15, -0.1) is 6.58 Å². The van der Waals surface area contributed by atoms with Gasteiger partial charge in [0.05, 0.1) is 6.17 Å². The number of nitrogens with zero attached hydrogens (tertiary/aromatic N) is 1. The number of likely N-dealkylation sites (tertiary alicyclic amines) is 1. The molecule has 0 aromatic carbocycles. The molecule has 3 nitrogen and oxygen atoms in total. The molecule has 68 valence electrons. The smallest absolute Gasteiger partial charge is 0.223 e. The van der Waals surface area contributed by atoms with Gasteiger partial charge in [0.1, 0.15) is 0 Å². The molecule has 12 heavy (non-hydrogen) atoms. The Morgan fingerprint density at radius 2 is 2.58 bits per heavy atom. The largest absolute Gasteiger partial charge is 0.327 e. The topological polar surface area (TPSA) is 32.3 Å². The molecule has 1 saturated heterocycles. The molecule has 0 aromatic rings. The van der Waals surface area contributed by atoms with E-state index in [0.717, 1.165) is 19.5 Å². The monoisotopic (exact) mass is 168 g/mol. The van der Waals surface area contributed by atoms with Crippen LogP contribution in [0.2, 0.25) is 0 Å². The Hall–Kier alpha value is -0.830. The molecule has 1 aliphatic heterocycles. The van der Waals surface area contributed by atoms with Gasteiger partial charge in [-0.1, -0.05) is 6.08 Å². The number of carbonyl (C=O) groups is 1. The summed E-state index contributed by atoms with van der Waals surface area (Å²) in [6, 6.07) is 0. The van der Waals surface area contributed by atoms with Crippen LogP contribution in [0.4, 0.5) is 0 Å². The zero-order valence-corrected chi connectivity index (χ0v) is 7.55. The van der Waals surface area contributed by atoms with Crippen LogP contribution in [0.3, 0.4) is 0 Å². The van der Waals surface area contributed by atoms with Crippen molar-refractivity contribution in [2.24, 2.45) is 0 Å². The van der Waals surface area contributed by atoms with Crippen LogP contribution in [0.25, 0.3) is 0 Å². The third-order valence-electron chi connectivity index (χ3n) is 2.14. The second kappa shape index (κ2) is 4.26. The maximum atomic E-state index is 11.2. The van der Waals surface area contributed by atoms with Gasteiger partial charge in [0.25, 0.3) is 0 Å². The van der Waals surface area contributed by atoms with E-state index in [4.69, 9.17) is 0 Å². The van der Waals surface area contributed by atoms with Crippen molar-refractivity contribution in [3.05, 3.63) is 12.7 Å². The fraction of sp³-hybridized carbons (Fsp3) is 0.667. The number of hydrogen-bond acceptors (Lipinski definition) is 2. The molecule has 3 heteroatoms. The first-order valence-corrected chi connectivity index (χ1v) is 4.39. The highest BCUT2D eigenvalue weighted by Crippen LogP contribution is 2.11. The minimum Gasteiger partial charge on any atom is -0.327 e.